The maximum atomic E-state index is 9.83. The van der Waals surface area contributed by atoms with Crippen LogP contribution in [0.2, 0.25) is 0 Å². The van der Waals surface area contributed by atoms with Crippen molar-refractivity contribution in [2.75, 3.05) is 18.0 Å². The molecule has 3 nitrogen and oxygen atoms in total. The van der Waals surface area contributed by atoms with Crippen LogP contribution >= 0.6 is 11.8 Å². The summed E-state index contributed by atoms with van der Waals surface area (Å²) in [5.74, 6) is 1.05. The van der Waals surface area contributed by atoms with Gasteiger partial charge in [0.15, 0.2) is 0 Å². The highest BCUT2D eigenvalue weighted by molar-refractivity contribution is 7.99. The zero-order valence-electron chi connectivity index (χ0n) is 8.69. The van der Waals surface area contributed by atoms with E-state index in [1.54, 1.807) is 11.8 Å². The Hall–Kier alpha value is -1.03. The molecule has 82 valence electrons. The second-order valence-corrected chi connectivity index (χ2v) is 4.44. The number of hydrogen-bond acceptors (Lipinski definition) is 4. The molecule has 0 saturated carbocycles. The minimum atomic E-state index is 0.443. The Labute approximate surface area is 94.4 Å². The van der Waals surface area contributed by atoms with Crippen molar-refractivity contribution in [3.8, 4) is 0 Å². The second-order valence-electron chi connectivity index (χ2n) is 3.30. The van der Waals surface area contributed by atoms with Crippen molar-refractivity contribution in [2.24, 2.45) is 5.18 Å². The maximum absolute atomic E-state index is 9.83. The first kappa shape index (κ1) is 12.0. The van der Waals surface area contributed by atoms with Gasteiger partial charge in [-0.2, -0.15) is 4.91 Å². The van der Waals surface area contributed by atoms with Gasteiger partial charge in [0.1, 0.15) is 0 Å². The van der Waals surface area contributed by atoms with Crippen LogP contribution in [0.25, 0.3) is 0 Å². The number of anilines is 1. The summed E-state index contributed by atoms with van der Waals surface area (Å²) >= 11 is 1.77. The van der Waals surface area contributed by atoms with E-state index in [-0.39, 0.29) is 0 Å². The zero-order valence-corrected chi connectivity index (χ0v) is 9.50. The monoisotopic (exact) mass is 224 g/mol. The maximum Gasteiger partial charge on any atom is 0.0811 e. The van der Waals surface area contributed by atoms with E-state index in [0.29, 0.717) is 6.54 Å². The second kappa shape index (κ2) is 7.29. The molecule has 1 aromatic carbocycles. The van der Waals surface area contributed by atoms with Crippen molar-refractivity contribution in [3.63, 3.8) is 0 Å². The molecule has 0 heterocycles. The van der Waals surface area contributed by atoms with E-state index in [1.165, 1.54) is 0 Å². The molecular weight excluding hydrogens is 208 g/mol. The van der Waals surface area contributed by atoms with Gasteiger partial charge in [-0.25, -0.2) is 0 Å². The number of hydrogen-bond donors (Lipinski definition) is 1. The molecule has 0 bridgehead atoms. The first-order chi connectivity index (χ1) is 7.34. The molecule has 0 unspecified atom stereocenters. The van der Waals surface area contributed by atoms with Gasteiger partial charge in [-0.3, -0.25) is 0 Å². The Kier molecular flexibility index (Phi) is 5.85. The van der Waals surface area contributed by atoms with E-state index in [0.717, 1.165) is 35.6 Å². The van der Waals surface area contributed by atoms with Crippen LogP contribution in [-0.2, 0) is 0 Å². The van der Waals surface area contributed by atoms with Crippen LogP contribution in [0.3, 0.4) is 0 Å². The number of rotatable bonds is 7. The third-order valence-corrected chi connectivity index (χ3v) is 3.25. The van der Waals surface area contributed by atoms with Crippen molar-refractivity contribution in [2.45, 2.75) is 24.2 Å². The number of para-hydroxylation sites is 1. The van der Waals surface area contributed by atoms with Crippen LogP contribution in [0.5, 0.6) is 0 Å². The van der Waals surface area contributed by atoms with Crippen molar-refractivity contribution < 1.29 is 0 Å². The van der Waals surface area contributed by atoms with Gasteiger partial charge in [-0.15, -0.1) is 11.8 Å². The molecule has 4 heteroatoms. The highest BCUT2D eigenvalue weighted by Gasteiger charge is 1.97. The topological polar surface area (TPSA) is 55.4 Å². The molecule has 15 heavy (non-hydrogen) atoms. The molecule has 0 aliphatic heterocycles. The summed E-state index contributed by atoms with van der Waals surface area (Å²) in [6.45, 7) is 0.443. The van der Waals surface area contributed by atoms with Gasteiger partial charge in [0.05, 0.1) is 6.54 Å². The van der Waals surface area contributed by atoms with Gasteiger partial charge >= 0.3 is 0 Å². The Bertz CT molecular complexity index is 304. The first-order valence-electron chi connectivity index (χ1n) is 5.11. The standard InChI is InChI=1S/C11H16N2OS/c12-10-6-2-3-7-11(10)15-9-5-1-4-8-13-14/h2-3,6-7H,1,4-5,8-9,12H2. The minimum Gasteiger partial charge on any atom is -0.398 e. The summed E-state index contributed by atoms with van der Waals surface area (Å²) in [7, 11) is 0. The average Bonchev–Trinajstić information content (AvgIpc) is 2.25. The lowest BCUT2D eigenvalue weighted by Crippen LogP contribution is -1.89. The average molecular weight is 224 g/mol. The minimum absolute atomic E-state index is 0.443. The lowest BCUT2D eigenvalue weighted by Gasteiger charge is -2.03. The SMILES string of the molecule is Nc1ccccc1SCCCCCN=O. The van der Waals surface area contributed by atoms with E-state index in [9.17, 15) is 4.91 Å². The number of unbranched alkanes of at least 4 members (excludes halogenated alkanes) is 2. The van der Waals surface area contributed by atoms with Crippen LogP contribution in [0.15, 0.2) is 34.3 Å². The van der Waals surface area contributed by atoms with Crippen molar-refractivity contribution in [1.29, 1.82) is 0 Å². The van der Waals surface area contributed by atoms with Gasteiger partial charge < -0.3 is 5.73 Å². The number of nitrogens with zero attached hydrogens (tertiary/aromatic N) is 1. The van der Waals surface area contributed by atoms with Crippen molar-refractivity contribution >= 4 is 17.4 Å². The Morgan fingerprint density at radius 3 is 2.73 bits per heavy atom. The Balaban J connectivity index is 2.15. The fraction of sp³-hybridized carbons (Fsp3) is 0.455. The third-order valence-electron chi connectivity index (χ3n) is 2.07. The van der Waals surface area contributed by atoms with Crippen molar-refractivity contribution in [3.05, 3.63) is 29.2 Å². The van der Waals surface area contributed by atoms with Crippen LogP contribution in [-0.4, -0.2) is 12.3 Å². The van der Waals surface area contributed by atoms with Crippen LogP contribution in [0.1, 0.15) is 19.3 Å². The molecule has 0 fully saturated rings. The molecular formula is C11H16N2OS. The van der Waals surface area contributed by atoms with Crippen molar-refractivity contribution in [1.82, 2.24) is 0 Å². The molecule has 0 aliphatic rings. The Morgan fingerprint density at radius 2 is 2.00 bits per heavy atom. The Morgan fingerprint density at radius 1 is 1.20 bits per heavy atom. The first-order valence-corrected chi connectivity index (χ1v) is 6.09. The summed E-state index contributed by atoms with van der Waals surface area (Å²) < 4.78 is 0. The van der Waals surface area contributed by atoms with Crippen LogP contribution < -0.4 is 5.73 Å². The molecule has 0 radical (unpaired) electrons. The summed E-state index contributed by atoms with van der Waals surface area (Å²) in [6, 6.07) is 7.88. The molecule has 0 spiro atoms. The summed E-state index contributed by atoms with van der Waals surface area (Å²) in [5, 5.41) is 2.83. The predicted molar refractivity (Wildman–Crippen MR) is 66.1 cm³/mol. The fourth-order valence-corrected chi connectivity index (χ4v) is 2.23. The summed E-state index contributed by atoms with van der Waals surface area (Å²) in [5.41, 5.74) is 6.65. The molecule has 0 atom stereocenters. The molecule has 2 N–H and O–H groups in total. The van der Waals surface area contributed by atoms with Gasteiger partial charge in [0.25, 0.3) is 0 Å². The molecule has 0 saturated heterocycles. The normalized spacial score (nSPS) is 10.1. The van der Waals surface area contributed by atoms with E-state index >= 15 is 0 Å². The van der Waals surface area contributed by atoms with E-state index < -0.39 is 0 Å². The number of thioether (sulfide) groups is 1. The number of nitrogens with two attached hydrogens (primary N) is 1. The van der Waals surface area contributed by atoms with E-state index in [1.807, 2.05) is 24.3 Å². The van der Waals surface area contributed by atoms with E-state index in [4.69, 9.17) is 5.73 Å². The van der Waals surface area contributed by atoms with Gasteiger partial charge in [0, 0.05) is 10.6 Å². The van der Waals surface area contributed by atoms with Crippen LogP contribution in [0.4, 0.5) is 5.69 Å². The molecule has 0 aliphatic carbocycles. The lowest BCUT2D eigenvalue weighted by molar-refractivity contribution is 0.731. The predicted octanol–water partition coefficient (Wildman–Crippen LogP) is 3.30. The summed E-state index contributed by atoms with van der Waals surface area (Å²) in [6.07, 6.45) is 3.06. The quantitative estimate of drug-likeness (QED) is 0.334. The molecule has 1 aromatic rings. The third kappa shape index (κ3) is 4.83. The molecule has 0 amide bonds. The number of nitrogen functional groups attached to an aromatic ring is 1. The molecule has 0 aromatic heterocycles. The lowest BCUT2D eigenvalue weighted by atomic mass is 10.2. The summed E-state index contributed by atoms with van der Waals surface area (Å²) in [4.78, 5) is 11.0. The van der Waals surface area contributed by atoms with Gasteiger partial charge in [-0.1, -0.05) is 23.7 Å². The van der Waals surface area contributed by atoms with Gasteiger partial charge in [0.2, 0.25) is 0 Å². The number of nitroso groups, excluding NO2 is 1. The molecule has 1 rings (SSSR count). The van der Waals surface area contributed by atoms with E-state index in [2.05, 4.69) is 5.18 Å². The highest BCUT2D eigenvalue weighted by Crippen LogP contribution is 2.25. The fourth-order valence-electron chi connectivity index (χ4n) is 1.25. The largest absolute Gasteiger partial charge is 0.398 e. The van der Waals surface area contributed by atoms with Crippen LogP contribution in [0, 0.1) is 4.91 Å². The smallest absolute Gasteiger partial charge is 0.0811 e. The zero-order chi connectivity index (χ0) is 10.9. The number of benzene rings is 1. The van der Waals surface area contributed by atoms with Gasteiger partial charge in [-0.05, 0) is 30.7 Å². The highest BCUT2D eigenvalue weighted by atomic mass is 32.2.